The normalized spacial score (nSPS) is 17.9. The molecular formula is C21H37IN4O2. The molecule has 0 saturated carbocycles. The van der Waals surface area contributed by atoms with Crippen LogP contribution in [0.5, 0.6) is 5.75 Å². The third-order valence-corrected chi connectivity index (χ3v) is 5.02. The van der Waals surface area contributed by atoms with Crippen molar-refractivity contribution < 1.29 is 9.47 Å². The molecule has 1 aromatic carbocycles. The van der Waals surface area contributed by atoms with Crippen LogP contribution in [0, 0.1) is 0 Å². The zero-order chi connectivity index (χ0) is 19.5. The average Bonchev–Trinajstić information content (AvgIpc) is 3.22. The van der Waals surface area contributed by atoms with Gasteiger partial charge in [-0.1, -0.05) is 26.0 Å². The summed E-state index contributed by atoms with van der Waals surface area (Å²) in [4.78, 5) is 7.31. The first-order chi connectivity index (χ1) is 13.2. The van der Waals surface area contributed by atoms with E-state index in [1.165, 1.54) is 5.56 Å². The third-order valence-electron chi connectivity index (χ3n) is 5.02. The van der Waals surface area contributed by atoms with Gasteiger partial charge in [0, 0.05) is 19.7 Å². The molecule has 2 N–H and O–H groups in total. The second kappa shape index (κ2) is 14.0. The molecule has 0 amide bonds. The van der Waals surface area contributed by atoms with Crippen molar-refractivity contribution in [3.05, 3.63) is 29.8 Å². The maximum atomic E-state index is 5.71. The summed E-state index contributed by atoms with van der Waals surface area (Å²) in [7, 11) is 1.71. The first-order valence-corrected chi connectivity index (χ1v) is 10.2. The van der Waals surface area contributed by atoms with E-state index in [0.717, 1.165) is 57.3 Å². The Hall–Kier alpha value is -1.06. The fraction of sp³-hybridized carbons (Fsp3) is 0.667. The van der Waals surface area contributed by atoms with Crippen LogP contribution in [0.1, 0.15) is 45.2 Å². The van der Waals surface area contributed by atoms with Gasteiger partial charge in [0.25, 0.3) is 0 Å². The molecule has 1 aliphatic heterocycles. The highest BCUT2D eigenvalue weighted by atomic mass is 127. The Morgan fingerprint density at radius 2 is 2.07 bits per heavy atom. The van der Waals surface area contributed by atoms with E-state index >= 15 is 0 Å². The van der Waals surface area contributed by atoms with Gasteiger partial charge in [-0.3, -0.25) is 9.89 Å². The van der Waals surface area contributed by atoms with Crippen LogP contribution in [-0.4, -0.2) is 63.4 Å². The van der Waals surface area contributed by atoms with Crippen LogP contribution in [0.3, 0.4) is 0 Å². The molecule has 0 radical (unpaired) electrons. The number of guanidine groups is 1. The summed E-state index contributed by atoms with van der Waals surface area (Å²) in [5, 5.41) is 6.79. The number of rotatable bonds is 10. The Labute approximate surface area is 187 Å². The van der Waals surface area contributed by atoms with Gasteiger partial charge < -0.3 is 20.1 Å². The molecule has 2 rings (SSSR count). The van der Waals surface area contributed by atoms with Gasteiger partial charge >= 0.3 is 0 Å². The molecule has 2 atom stereocenters. The van der Waals surface area contributed by atoms with Gasteiger partial charge in [0.1, 0.15) is 5.75 Å². The summed E-state index contributed by atoms with van der Waals surface area (Å²) in [5.41, 5.74) is 1.23. The molecule has 2 unspecified atom stereocenters. The second-order valence-corrected chi connectivity index (χ2v) is 6.75. The van der Waals surface area contributed by atoms with Gasteiger partial charge in [0.2, 0.25) is 0 Å². The van der Waals surface area contributed by atoms with Crippen LogP contribution < -0.4 is 15.4 Å². The van der Waals surface area contributed by atoms with Crippen LogP contribution in [-0.2, 0) is 4.74 Å². The maximum absolute atomic E-state index is 5.71. The Bertz CT molecular complexity index is 575. The van der Waals surface area contributed by atoms with Crippen molar-refractivity contribution >= 4 is 29.9 Å². The van der Waals surface area contributed by atoms with Crippen molar-refractivity contribution in [1.29, 1.82) is 0 Å². The molecule has 0 aliphatic carbocycles. The standard InChI is InChI=1S/C21H36N4O2.HI/c1-5-22-21(23-15-19-12-9-13-27-19)24-16-20(25(6-2)7-3)17-10-8-11-18(14-17)26-4;/h8,10-11,14,19-20H,5-7,9,12-13,15-16H2,1-4H3,(H2,22,23,24);1H. The smallest absolute Gasteiger partial charge is 0.191 e. The first kappa shape index (κ1) is 25.0. The van der Waals surface area contributed by atoms with E-state index in [4.69, 9.17) is 14.5 Å². The van der Waals surface area contributed by atoms with Gasteiger partial charge in [-0.15, -0.1) is 24.0 Å². The number of aliphatic imine (C=N–C) groups is 1. The topological polar surface area (TPSA) is 58.1 Å². The molecular weight excluding hydrogens is 467 g/mol. The number of hydrogen-bond acceptors (Lipinski definition) is 4. The fourth-order valence-corrected chi connectivity index (χ4v) is 3.48. The molecule has 0 bridgehead atoms. The lowest BCUT2D eigenvalue weighted by molar-refractivity contribution is 0.113. The quantitative estimate of drug-likeness (QED) is 0.291. The van der Waals surface area contributed by atoms with Crippen molar-refractivity contribution in [3.63, 3.8) is 0 Å². The highest BCUT2D eigenvalue weighted by Gasteiger charge is 2.19. The highest BCUT2D eigenvalue weighted by Crippen LogP contribution is 2.24. The number of nitrogens with one attached hydrogen (secondary N) is 2. The fourth-order valence-electron chi connectivity index (χ4n) is 3.48. The number of nitrogens with zero attached hydrogens (tertiary/aromatic N) is 2. The molecule has 7 heteroatoms. The van der Waals surface area contributed by atoms with Gasteiger partial charge in [0.05, 0.1) is 25.8 Å². The molecule has 6 nitrogen and oxygen atoms in total. The summed E-state index contributed by atoms with van der Waals surface area (Å²) in [6, 6.07) is 8.53. The lowest BCUT2D eigenvalue weighted by Gasteiger charge is -2.29. The monoisotopic (exact) mass is 504 g/mol. The molecule has 1 aromatic rings. The lowest BCUT2D eigenvalue weighted by atomic mass is 10.0. The van der Waals surface area contributed by atoms with Gasteiger partial charge in [0.15, 0.2) is 5.96 Å². The Kier molecular flexibility index (Phi) is 12.5. The minimum absolute atomic E-state index is 0. The van der Waals surface area contributed by atoms with Crippen molar-refractivity contribution in [2.75, 3.05) is 46.4 Å². The molecule has 1 saturated heterocycles. The van der Waals surface area contributed by atoms with Crippen LogP contribution in [0.4, 0.5) is 0 Å². The van der Waals surface area contributed by atoms with E-state index in [9.17, 15) is 0 Å². The van der Waals surface area contributed by atoms with Gasteiger partial charge in [-0.05, 0) is 50.6 Å². The number of methoxy groups -OCH3 is 1. The predicted molar refractivity (Wildman–Crippen MR) is 127 cm³/mol. The number of likely N-dealkylation sites (N-methyl/N-ethyl adjacent to an activating group) is 1. The van der Waals surface area contributed by atoms with Crippen LogP contribution in [0.15, 0.2) is 29.3 Å². The average molecular weight is 504 g/mol. The first-order valence-electron chi connectivity index (χ1n) is 10.2. The summed E-state index contributed by atoms with van der Waals surface area (Å²) in [6.45, 7) is 11.7. The maximum Gasteiger partial charge on any atom is 0.191 e. The van der Waals surface area contributed by atoms with Crippen molar-refractivity contribution in [2.24, 2.45) is 4.99 Å². The van der Waals surface area contributed by atoms with Crippen LogP contribution in [0.2, 0.25) is 0 Å². The largest absolute Gasteiger partial charge is 0.497 e. The highest BCUT2D eigenvalue weighted by molar-refractivity contribution is 14.0. The SMILES string of the molecule is CCNC(=NCC(c1cccc(OC)c1)N(CC)CC)NCC1CCCO1.I. The number of ether oxygens (including phenoxy) is 2. The summed E-state index contributed by atoms with van der Waals surface area (Å²) in [5.74, 6) is 1.74. The number of halogens is 1. The third kappa shape index (κ3) is 7.75. The van der Waals surface area contributed by atoms with E-state index in [2.05, 4.69) is 54.5 Å². The van der Waals surface area contributed by atoms with Gasteiger partial charge in [-0.25, -0.2) is 0 Å². The van der Waals surface area contributed by atoms with Crippen LogP contribution >= 0.6 is 24.0 Å². The van der Waals surface area contributed by atoms with Gasteiger partial charge in [-0.2, -0.15) is 0 Å². The van der Waals surface area contributed by atoms with E-state index in [1.807, 2.05) is 6.07 Å². The number of hydrogen-bond donors (Lipinski definition) is 2. The van der Waals surface area contributed by atoms with Crippen molar-refractivity contribution in [1.82, 2.24) is 15.5 Å². The van der Waals surface area contributed by atoms with Crippen molar-refractivity contribution in [2.45, 2.75) is 45.8 Å². The summed E-state index contributed by atoms with van der Waals surface area (Å²) < 4.78 is 11.1. The molecule has 1 heterocycles. The Morgan fingerprint density at radius 3 is 2.68 bits per heavy atom. The minimum atomic E-state index is 0. The zero-order valence-electron chi connectivity index (χ0n) is 17.7. The van der Waals surface area contributed by atoms with E-state index in [0.29, 0.717) is 12.6 Å². The molecule has 160 valence electrons. The van der Waals surface area contributed by atoms with Crippen molar-refractivity contribution in [3.8, 4) is 5.75 Å². The lowest BCUT2D eigenvalue weighted by Crippen LogP contribution is -2.41. The van der Waals surface area contributed by atoms with E-state index in [1.54, 1.807) is 7.11 Å². The molecule has 0 spiro atoms. The molecule has 0 aromatic heterocycles. The van der Waals surface area contributed by atoms with E-state index < -0.39 is 0 Å². The summed E-state index contributed by atoms with van der Waals surface area (Å²) >= 11 is 0. The Balaban J connectivity index is 0.00000392. The molecule has 1 fully saturated rings. The van der Waals surface area contributed by atoms with Crippen LogP contribution in [0.25, 0.3) is 0 Å². The summed E-state index contributed by atoms with van der Waals surface area (Å²) in [6.07, 6.45) is 2.57. The zero-order valence-corrected chi connectivity index (χ0v) is 20.1. The molecule has 28 heavy (non-hydrogen) atoms. The predicted octanol–water partition coefficient (Wildman–Crippen LogP) is 3.43. The Morgan fingerprint density at radius 1 is 1.29 bits per heavy atom. The molecule has 1 aliphatic rings. The van der Waals surface area contributed by atoms with E-state index in [-0.39, 0.29) is 30.0 Å². The minimum Gasteiger partial charge on any atom is -0.497 e. The second-order valence-electron chi connectivity index (χ2n) is 6.75. The number of benzene rings is 1.